The van der Waals surface area contributed by atoms with E-state index < -0.39 is 5.82 Å². The normalized spacial score (nSPS) is 10.6. The number of carbonyl (C=O) groups is 1. The van der Waals surface area contributed by atoms with Gasteiger partial charge in [-0.15, -0.1) is 0 Å². The van der Waals surface area contributed by atoms with Crippen molar-refractivity contribution >= 4 is 5.91 Å². The zero-order chi connectivity index (χ0) is 14.5. The van der Waals surface area contributed by atoms with Crippen LogP contribution in [0.1, 0.15) is 21.7 Å². The average molecular weight is 277 g/mol. The fraction of sp³-hybridized carbons (Fsp3) is 0.308. The van der Waals surface area contributed by atoms with Crippen molar-refractivity contribution in [2.24, 2.45) is 5.73 Å². The van der Waals surface area contributed by atoms with Gasteiger partial charge >= 0.3 is 0 Å². The lowest BCUT2D eigenvalue weighted by Crippen LogP contribution is -2.24. The van der Waals surface area contributed by atoms with Crippen molar-refractivity contribution in [2.45, 2.75) is 20.0 Å². The Labute approximate surface area is 115 Å². The van der Waals surface area contributed by atoms with Gasteiger partial charge in [-0.2, -0.15) is 5.10 Å². The number of aromatic nitrogens is 3. The van der Waals surface area contributed by atoms with Crippen molar-refractivity contribution < 1.29 is 9.18 Å². The lowest BCUT2D eigenvalue weighted by molar-refractivity contribution is 0.0949. The van der Waals surface area contributed by atoms with E-state index in [4.69, 9.17) is 5.73 Å². The number of hydrogen-bond acceptors (Lipinski definition) is 4. The Kier molecular flexibility index (Phi) is 4.41. The summed E-state index contributed by atoms with van der Waals surface area (Å²) < 4.78 is 15.0. The van der Waals surface area contributed by atoms with Gasteiger partial charge in [-0.05, 0) is 19.1 Å². The predicted octanol–water partition coefficient (Wildman–Crippen LogP) is 0.614. The van der Waals surface area contributed by atoms with Gasteiger partial charge in [0.2, 0.25) is 0 Å². The molecule has 0 saturated carbocycles. The van der Waals surface area contributed by atoms with Gasteiger partial charge in [0.25, 0.3) is 5.91 Å². The van der Waals surface area contributed by atoms with Gasteiger partial charge in [-0.25, -0.2) is 4.39 Å². The maximum absolute atomic E-state index is 13.4. The van der Waals surface area contributed by atoms with Crippen LogP contribution in [0.15, 0.2) is 24.5 Å². The molecule has 3 N–H and O–H groups in total. The summed E-state index contributed by atoms with van der Waals surface area (Å²) in [5.74, 6) is -0.751. The van der Waals surface area contributed by atoms with E-state index in [0.29, 0.717) is 24.3 Å². The lowest BCUT2D eigenvalue weighted by atomic mass is 10.2. The first-order chi connectivity index (χ1) is 9.61. The van der Waals surface area contributed by atoms with Gasteiger partial charge in [-0.3, -0.25) is 14.5 Å². The Balaban J connectivity index is 2.03. The molecule has 0 aromatic carbocycles. The smallest absolute Gasteiger partial charge is 0.255 e. The van der Waals surface area contributed by atoms with Gasteiger partial charge in [0.1, 0.15) is 5.82 Å². The first kappa shape index (κ1) is 14.1. The second-order valence-corrected chi connectivity index (χ2v) is 4.29. The van der Waals surface area contributed by atoms with Gasteiger partial charge in [0.05, 0.1) is 30.0 Å². The number of carbonyl (C=O) groups excluding carboxylic acids is 1. The van der Waals surface area contributed by atoms with E-state index in [1.54, 1.807) is 17.8 Å². The average Bonchev–Trinajstić information content (AvgIpc) is 2.79. The van der Waals surface area contributed by atoms with Crippen LogP contribution >= 0.6 is 0 Å². The fourth-order valence-electron chi connectivity index (χ4n) is 1.80. The van der Waals surface area contributed by atoms with E-state index >= 15 is 0 Å². The third-order valence-corrected chi connectivity index (χ3v) is 2.80. The summed E-state index contributed by atoms with van der Waals surface area (Å²) in [6.45, 7) is 2.76. The number of nitrogens with two attached hydrogens (primary N) is 1. The predicted molar refractivity (Wildman–Crippen MR) is 71.4 cm³/mol. The van der Waals surface area contributed by atoms with Crippen LogP contribution in [0.2, 0.25) is 0 Å². The van der Waals surface area contributed by atoms with Gasteiger partial charge < -0.3 is 11.1 Å². The SMILES string of the molecule is Cc1nn(CCN)cc1C(=O)NCc1ncccc1F. The van der Waals surface area contributed by atoms with Gasteiger partial charge in [0, 0.05) is 18.9 Å². The number of aryl methyl sites for hydroxylation is 1. The molecule has 0 spiro atoms. The highest BCUT2D eigenvalue weighted by molar-refractivity contribution is 5.94. The van der Waals surface area contributed by atoms with Crippen LogP contribution in [0, 0.1) is 12.7 Å². The highest BCUT2D eigenvalue weighted by atomic mass is 19.1. The van der Waals surface area contributed by atoms with Crippen LogP contribution in [-0.2, 0) is 13.1 Å². The summed E-state index contributed by atoms with van der Waals surface area (Å²) in [7, 11) is 0. The molecule has 106 valence electrons. The van der Waals surface area contributed by atoms with Crippen LogP contribution in [0.25, 0.3) is 0 Å². The molecule has 0 aliphatic carbocycles. The number of rotatable bonds is 5. The summed E-state index contributed by atoms with van der Waals surface area (Å²) >= 11 is 0. The van der Waals surface area contributed by atoms with Crippen LogP contribution < -0.4 is 11.1 Å². The van der Waals surface area contributed by atoms with E-state index in [1.807, 2.05) is 0 Å². The number of nitrogens with zero attached hydrogens (tertiary/aromatic N) is 3. The van der Waals surface area contributed by atoms with Crippen molar-refractivity contribution in [1.29, 1.82) is 0 Å². The molecule has 0 bridgehead atoms. The highest BCUT2D eigenvalue weighted by Crippen LogP contribution is 2.07. The standard InChI is InChI=1S/C13H16FN5O/c1-9-10(8-19(18-9)6-4-15)13(20)17-7-12-11(14)3-2-5-16-12/h2-3,5,8H,4,6-7,15H2,1H3,(H,17,20). The molecule has 0 fully saturated rings. The lowest BCUT2D eigenvalue weighted by Gasteiger charge is -2.04. The number of hydrogen-bond donors (Lipinski definition) is 2. The molecular weight excluding hydrogens is 261 g/mol. The zero-order valence-corrected chi connectivity index (χ0v) is 11.1. The minimum absolute atomic E-state index is 0.0347. The van der Waals surface area contributed by atoms with Crippen LogP contribution in [-0.4, -0.2) is 27.2 Å². The van der Waals surface area contributed by atoms with Gasteiger partial charge in [-0.1, -0.05) is 0 Å². The van der Waals surface area contributed by atoms with Crippen LogP contribution in [0.4, 0.5) is 4.39 Å². The molecule has 0 saturated heterocycles. The minimum atomic E-state index is -0.441. The van der Waals surface area contributed by atoms with Crippen molar-refractivity contribution in [3.8, 4) is 0 Å². The van der Waals surface area contributed by atoms with Crippen LogP contribution in [0.3, 0.4) is 0 Å². The maximum atomic E-state index is 13.4. The second-order valence-electron chi connectivity index (χ2n) is 4.29. The summed E-state index contributed by atoms with van der Waals surface area (Å²) in [6, 6.07) is 2.81. The quantitative estimate of drug-likeness (QED) is 0.838. The van der Waals surface area contributed by atoms with E-state index in [0.717, 1.165) is 0 Å². The third-order valence-electron chi connectivity index (χ3n) is 2.80. The molecule has 2 rings (SSSR count). The van der Waals surface area contributed by atoms with Crippen LogP contribution in [0.5, 0.6) is 0 Å². The molecule has 6 nitrogen and oxygen atoms in total. The molecule has 0 radical (unpaired) electrons. The summed E-state index contributed by atoms with van der Waals surface area (Å²) in [6.07, 6.45) is 3.11. The summed E-state index contributed by atoms with van der Waals surface area (Å²) in [4.78, 5) is 15.9. The molecule has 0 aliphatic rings. The van der Waals surface area contributed by atoms with Crippen molar-refractivity contribution in [2.75, 3.05) is 6.54 Å². The molecule has 2 heterocycles. The minimum Gasteiger partial charge on any atom is -0.346 e. The molecule has 0 aliphatic heterocycles. The Morgan fingerprint density at radius 1 is 1.55 bits per heavy atom. The van der Waals surface area contributed by atoms with Crippen molar-refractivity contribution in [3.63, 3.8) is 0 Å². The second kappa shape index (κ2) is 6.25. The first-order valence-corrected chi connectivity index (χ1v) is 6.23. The van der Waals surface area contributed by atoms with Crippen molar-refractivity contribution in [1.82, 2.24) is 20.1 Å². The Hall–Kier alpha value is -2.28. The molecule has 7 heteroatoms. The van der Waals surface area contributed by atoms with E-state index in [2.05, 4.69) is 15.4 Å². The molecular formula is C13H16FN5O. The van der Waals surface area contributed by atoms with Crippen molar-refractivity contribution in [3.05, 3.63) is 47.3 Å². The van der Waals surface area contributed by atoms with E-state index in [-0.39, 0.29) is 18.1 Å². The van der Waals surface area contributed by atoms with E-state index in [9.17, 15) is 9.18 Å². The summed E-state index contributed by atoms with van der Waals surface area (Å²) in [5, 5.41) is 6.81. The molecule has 2 aromatic rings. The zero-order valence-electron chi connectivity index (χ0n) is 11.1. The molecule has 1 amide bonds. The summed E-state index contributed by atoms with van der Waals surface area (Å²) in [5.41, 5.74) is 6.70. The first-order valence-electron chi connectivity index (χ1n) is 6.23. The number of nitrogens with one attached hydrogen (secondary N) is 1. The number of halogens is 1. The largest absolute Gasteiger partial charge is 0.346 e. The van der Waals surface area contributed by atoms with E-state index in [1.165, 1.54) is 18.3 Å². The topological polar surface area (TPSA) is 85.8 Å². The molecule has 20 heavy (non-hydrogen) atoms. The molecule has 2 aromatic heterocycles. The fourth-order valence-corrected chi connectivity index (χ4v) is 1.80. The number of amides is 1. The third kappa shape index (κ3) is 3.18. The number of pyridine rings is 1. The molecule has 0 unspecified atom stereocenters. The Morgan fingerprint density at radius 3 is 3.05 bits per heavy atom. The highest BCUT2D eigenvalue weighted by Gasteiger charge is 2.13. The Morgan fingerprint density at radius 2 is 2.35 bits per heavy atom. The monoisotopic (exact) mass is 277 g/mol. The molecule has 0 atom stereocenters. The van der Waals surface area contributed by atoms with Gasteiger partial charge in [0.15, 0.2) is 0 Å². The Bertz CT molecular complexity index is 611. The maximum Gasteiger partial charge on any atom is 0.255 e.